The minimum Gasteiger partial charge on any atom is -0.383 e. The maximum atomic E-state index is 5.00. The highest BCUT2D eigenvalue weighted by Gasteiger charge is 2.02. The average Bonchev–Trinajstić information content (AvgIpc) is 2.93. The van der Waals surface area contributed by atoms with E-state index in [-0.39, 0.29) is 0 Å². The van der Waals surface area contributed by atoms with Gasteiger partial charge in [-0.25, -0.2) is 0 Å². The molecule has 0 amide bonds. The summed E-state index contributed by atoms with van der Waals surface area (Å²) in [4.78, 5) is 0. The Morgan fingerprint density at radius 3 is 2.95 bits per heavy atom. The van der Waals surface area contributed by atoms with Gasteiger partial charge in [0.1, 0.15) is 0 Å². The number of halogens is 1. The average molecular weight is 352 g/mol. The van der Waals surface area contributed by atoms with Crippen LogP contribution in [0.2, 0.25) is 0 Å². The summed E-state index contributed by atoms with van der Waals surface area (Å²) in [5.74, 6) is 0. The highest BCUT2D eigenvalue weighted by molar-refractivity contribution is 9.10. The summed E-state index contributed by atoms with van der Waals surface area (Å²) in [6, 6.07) is 8.26. The van der Waals surface area contributed by atoms with Crippen LogP contribution in [-0.2, 0) is 17.7 Å². The summed E-state index contributed by atoms with van der Waals surface area (Å²) in [5, 5.41) is 7.79. The number of hydrogen-bond acceptors (Lipinski definition) is 3. The lowest BCUT2D eigenvalue weighted by Crippen LogP contribution is -2.20. The summed E-state index contributed by atoms with van der Waals surface area (Å²) >= 11 is 3.57. The quantitative estimate of drug-likeness (QED) is 0.706. The van der Waals surface area contributed by atoms with E-state index in [2.05, 4.69) is 50.7 Å². The number of aromatic nitrogens is 2. The summed E-state index contributed by atoms with van der Waals surface area (Å²) < 4.78 is 8.12. The Kier molecular flexibility index (Phi) is 6.92. The molecule has 2 aromatic rings. The van der Waals surface area contributed by atoms with Gasteiger partial charge in [0.15, 0.2) is 0 Å². The molecule has 0 saturated carbocycles. The Labute approximate surface area is 134 Å². The van der Waals surface area contributed by atoms with Gasteiger partial charge >= 0.3 is 0 Å². The lowest BCUT2D eigenvalue weighted by Gasteiger charge is -2.04. The summed E-state index contributed by atoms with van der Waals surface area (Å²) in [7, 11) is 1.72. The maximum absolute atomic E-state index is 5.00. The van der Waals surface area contributed by atoms with E-state index in [1.807, 2.05) is 16.9 Å². The molecule has 1 aromatic heterocycles. The monoisotopic (exact) mass is 351 g/mol. The summed E-state index contributed by atoms with van der Waals surface area (Å²) in [6.07, 6.45) is 6.26. The second-order valence-corrected chi connectivity index (χ2v) is 5.84. The number of nitrogens with zero attached hydrogens (tertiary/aromatic N) is 2. The van der Waals surface area contributed by atoms with E-state index in [1.54, 1.807) is 7.11 Å². The first kappa shape index (κ1) is 16.2. The number of aryl methyl sites for hydroxylation is 1. The molecule has 0 radical (unpaired) electrons. The molecule has 0 unspecified atom stereocenters. The van der Waals surface area contributed by atoms with Gasteiger partial charge in [0, 0.05) is 24.3 Å². The standard InChI is InChI=1S/C16H22BrN3O/c1-21-10-9-18-8-4-5-14-11-19-20(12-14)13-15-6-2-3-7-16(15)17/h2-3,6-7,11-12,18H,4-5,8-10,13H2,1H3. The maximum Gasteiger partial charge on any atom is 0.0670 e. The first-order chi connectivity index (χ1) is 10.3. The van der Waals surface area contributed by atoms with Crippen LogP contribution in [0.5, 0.6) is 0 Å². The molecule has 114 valence electrons. The first-order valence-corrected chi connectivity index (χ1v) is 8.03. The minimum atomic E-state index is 0.768. The fourth-order valence-electron chi connectivity index (χ4n) is 2.14. The van der Waals surface area contributed by atoms with Crippen LogP contribution in [0, 0.1) is 0 Å². The predicted octanol–water partition coefficient (Wildman–Crippen LogP) is 2.86. The molecule has 0 saturated heterocycles. The zero-order valence-electron chi connectivity index (χ0n) is 12.4. The molecule has 1 aromatic carbocycles. The molecule has 0 bridgehead atoms. The molecule has 0 aliphatic heterocycles. The zero-order valence-corrected chi connectivity index (χ0v) is 14.0. The fraction of sp³-hybridized carbons (Fsp3) is 0.438. The number of methoxy groups -OCH3 is 1. The molecule has 1 N–H and O–H groups in total. The van der Waals surface area contributed by atoms with Gasteiger partial charge in [0.25, 0.3) is 0 Å². The molecular formula is C16H22BrN3O. The van der Waals surface area contributed by atoms with Crippen molar-refractivity contribution in [2.75, 3.05) is 26.8 Å². The van der Waals surface area contributed by atoms with Crippen LogP contribution in [0.15, 0.2) is 41.1 Å². The van der Waals surface area contributed by atoms with E-state index in [4.69, 9.17) is 4.74 Å². The van der Waals surface area contributed by atoms with Crippen molar-refractivity contribution >= 4 is 15.9 Å². The van der Waals surface area contributed by atoms with Crippen LogP contribution in [-0.4, -0.2) is 36.6 Å². The molecule has 0 spiro atoms. The van der Waals surface area contributed by atoms with Crippen LogP contribution in [0.4, 0.5) is 0 Å². The lowest BCUT2D eigenvalue weighted by atomic mass is 10.2. The summed E-state index contributed by atoms with van der Waals surface area (Å²) in [5.41, 5.74) is 2.53. The molecule has 0 fully saturated rings. The van der Waals surface area contributed by atoms with Crippen LogP contribution in [0.1, 0.15) is 17.5 Å². The van der Waals surface area contributed by atoms with Gasteiger partial charge in [-0.3, -0.25) is 4.68 Å². The third-order valence-corrected chi connectivity index (χ3v) is 4.05. The van der Waals surface area contributed by atoms with Crippen molar-refractivity contribution in [3.8, 4) is 0 Å². The van der Waals surface area contributed by atoms with Gasteiger partial charge in [-0.05, 0) is 36.6 Å². The normalized spacial score (nSPS) is 11.0. The number of ether oxygens (including phenoxy) is 1. The first-order valence-electron chi connectivity index (χ1n) is 7.24. The van der Waals surface area contributed by atoms with Crippen LogP contribution in [0.25, 0.3) is 0 Å². The van der Waals surface area contributed by atoms with Gasteiger partial charge in [-0.2, -0.15) is 5.10 Å². The van der Waals surface area contributed by atoms with Crippen molar-refractivity contribution < 1.29 is 4.74 Å². The molecule has 4 nitrogen and oxygen atoms in total. The van der Waals surface area contributed by atoms with Crippen LogP contribution < -0.4 is 5.32 Å². The van der Waals surface area contributed by atoms with Gasteiger partial charge in [-0.15, -0.1) is 0 Å². The second kappa shape index (κ2) is 8.97. The van der Waals surface area contributed by atoms with Gasteiger partial charge < -0.3 is 10.1 Å². The molecule has 1 heterocycles. The highest BCUT2D eigenvalue weighted by Crippen LogP contribution is 2.17. The second-order valence-electron chi connectivity index (χ2n) is 4.98. The van der Waals surface area contributed by atoms with Crippen molar-refractivity contribution in [3.63, 3.8) is 0 Å². The predicted molar refractivity (Wildman–Crippen MR) is 88.5 cm³/mol. The molecule has 0 aliphatic rings. The Morgan fingerprint density at radius 2 is 2.14 bits per heavy atom. The van der Waals surface area contributed by atoms with E-state index in [0.717, 1.165) is 43.6 Å². The number of hydrogen-bond donors (Lipinski definition) is 1. The van der Waals surface area contributed by atoms with Crippen LogP contribution >= 0.6 is 15.9 Å². The van der Waals surface area contributed by atoms with E-state index < -0.39 is 0 Å². The van der Waals surface area contributed by atoms with Gasteiger partial charge in [0.2, 0.25) is 0 Å². The lowest BCUT2D eigenvalue weighted by molar-refractivity contribution is 0.199. The van der Waals surface area contributed by atoms with E-state index in [9.17, 15) is 0 Å². The van der Waals surface area contributed by atoms with Crippen molar-refractivity contribution in [3.05, 3.63) is 52.3 Å². The van der Waals surface area contributed by atoms with E-state index in [1.165, 1.54) is 11.1 Å². The van der Waals surface area contributed by atoms with Gasteiger partial charge in [-0.1, -0.05) is 34.1 Å². The molecule has 0 aliphatic carbocycles. The van der Waals surface area contributed by atoms with Crippen molar-refractivity contribution in [1.29, 1.82) is 0 Å². The Bertz CT molecular complexity index is 542. The third kappa shape index (κ3) is 5.61. The number of rotatable bonds is 9. The van der Waals surface area contributed by atoms with Gasteiger partial charge in [0.05, 0.1) is 19.3 Å². The SMILES string of the molecule is COCCNCCCc1cnn(Cc2ccccc2Br)c1. The largest absolute Gasteiger partial charge is 0.383 e. The van der Waals surface area contributed by atoms with Crippen molar-refractivity contribution in [2.24, 2.45) is 0 Å². The molecule has 5 heteroatoms. The van der Waals surface area contributed by atoms with E-state index in [0.29, 0.717) is 0 Å². The molecular weight excluding hydrogens is 330 g/mol. The fourth-order valence-corrected chi connectivity index (χ4v) is 2.55. The zero-order chi connectivity index (χ0) is 14.9. The van der Waals surface area contributed by atoms with Crippen molar-refractivity contribution in [2.45, 2.75) is 19.4 Å². The Hall–Kier alpha value is -1.17. The topological polar surface area (TPSA) is 39.1 Å². The van der Waals surface area contributed by atoms with Crippen molar-refractivity contribution in [1.82, 2.24) is 15.1 Å². The number of benzene rings is 1. The minimum absolute atomic E-state index is 0.768. The highest BCUT2D eigenvalue weighted by atomic mass is 79.9. The Balaban J connectivity index is 1.75. The third-order valence-electron chi connectivity index (χ3n) is 3.28. The smallest absolute Gasteiger partial charge is 0.0670 e. The van der Waals surface area contributed by atoms with E-state index >= 15 is 0 Å². The number of nitrogens with one attached hydrogen (secondary N) is 1. The van der Waals surface area contributed by atoms with Crippen LogP contribution in [0.3, 0.4) is 0 Å². The Morgan fingerprint density at radius 1 is 1.29 bits per heavy atom. The summed E-state index contributed by atoms with van der Waals surface area (Å²) in [6.45, 7) is 3.49. The molecule has 0 atom stereocenters. The molecule has 2 rings (SSSR count). The molecule has 21 heavy (non-hydrogen) atoms.